The van der Waals surface area contributed by atoms with E-state index in [-0.39, 0.29) is 41.9 Å². The zero-order valence-corrected chi connectivity index (χ0v) is 17.9. The molecule has 1 aromatic rings. The van der Waals surface area contributed by atoms with Crippen molar-refractivity contribution >= 4 is 18.3 Å². The predicted molar refractivity (Wildman–Crippen MR) is 112 cm³/mol. The predicted octanol–water partition coefficient (Wildman–Crippen LogP) is 1.72. The minimum absolute atomic E-state index is 0.0159. The van der Waals surface area contributed by atoms with E-state index in [1.165, 1.54) is 0 Å². The molecule has 0 spiro atoms. The largest absolute Gasteiger partial charge is 0.429 e. The summed E-state index contributed by atoms with van der Waals surface area (Å²) in [6, 6.07) is 8.99. The molecule has 3 fully saturated rings. The van der Waals surface area contributed by atoms with E-state index in [0.717, 1.165) is 31.4 Å². The number of carbonyl (C=O) groups is 3. The van der Waals surface area contributed by atoms with Crippen LogP contribution in [0.1, 0.15) is 44.7 Å². The number of nitriles is 1. The van der Waals surface area contributed by atoms with Gasteiger partial charge in [-0.3, -0.25) is 19.3 Å². The highest BCUT2D eigenvalue weighted by molar-refractivity contribution is 5.86. The van der Waals surface area contributed by atoms with Crippen LogP contribution in [0.3, 0.4) is 0 Å². The summed E-state index contributed by atoms with van der Waals surface area (Å²) in [6.45, 7) is 6.25. The molecule has 3 aliphatic heterocycles. The highest BCUT2D eigenvalue weighted by Gasteiger charge is 2.51. The third-order valence-electron chi connectivity index (χ3n) is 6.89. The van der Waals surface area contributed by atoms with Crippen molar-refractivity contribution in [3.8, 4) is 11.8 Å². The van der Waals surface area contributed by atoms with Crippen LogP contribution in [-0.4, -0.2) is 70.7 Å². The van der Waals surface area contributed by atoms with Crippen molar-refractivity contribution < 1.29 is 19.1 Å². The molecule has 0 saturated carbocycles. The Labute approximate surface area is 182 Å². The Morgan fingerprint density at radius 3 is 2.71 bits per heavy atom. The van der Waals surface area contributed by atoms with Gasteiger partial charge >= 0.3 is 0 Å². The van der Waals surface area contributed by atoms with Gasteiger partial charge in [-0.2, -0.15) is 5.26 Å². The Bertz CT molecular complexity index is 896. The van der Waals surface area contributed by atoms with Gasteiger partial charge < -0.3 is 14.5 Å². The number of likely N-dealkylation sites (tertiary alicyclic amines) is 3. The molecule has 3 heterocycles. The van der Waals surface area contributed by atoms with E-state index in [0.29, 0.717) is 25.3 Å². The van der Waals surface area contributed by atoms with Gasteiger partial charge in [0.2, 0.25) is 11.8 Å². The standard InChI is InChI=1S/C23H28N4O4/c1-15(22(29)26-9-3-4-18(26)11-24)12-25-13-19-10-21(25)23(30)27(19)16(2)17-5-7-20(8-6-17)31-14-28/h5-8,14-16,18-19,21H,3-4,9-10,12-13H2,1-2H3/t15-,16-,18-,19-,21-/m0/s1. The van der Waals surface area contributed by atoms with E-state index >= 15 is 0 Å². The molecule has 3 aliphatic rings. The van der Waals surface area contributed by atoms with Crippen molar-refractivity contribution in [2.45, 2.75) is 57.3 Å². The second kappa shape index (κ2) is 8.67. The lowest BCUT2D eigenvalue weighted by Gasteiger charge is -2.38. The molecule has 31 heavy (non-hydrogen) atoms. The molecular weight excluding hydrogens is 396 g/mol. The Kier molecular flexibility index (Phi) is 5.96. The molecule has 2 bridgehead atoms. The molecular formula is C23H28N4O4. The van der Waals surface area contributed by atoms with Crippen molar-refractivity contribution in [3.63, 3.8) is 0 Å². The van der Waals surface area contributed by atoms with Crippen molar-refractivity contribution in [1.82, 2.24) is 14.7 Å². The van der Waals surface area contributed by atoms with Gasteiger partial charge in [0.1, 0.15) is 11.8 Å². The lowest BCUT2D eigenvalue weighted by atomic mass is 10.0. The van der Waals surface area contributed by atoms with Gasteiger partial charge in [-0.05, 0) is 43.9 Å². The molecule has 1 aromatic carbocycles. The lowest BCUT2D eigenvalue weighted by molar-refractivity contribution is -0.142. The molecule has 8 nitrogen and oxygen atoms in total. The van der Waals surface area contributed by atoms with Crippen LogP contribution in [-0.2, 0) is 14.4 Å². The van der Waals surface area contributed by atoms with Gasteiger partial charge in [0, 0.05) is 31.6 Å². The molecule has 0 N–H and O–H groups in total. The molecule has 0 unspecified atom stereocenters. The summed E-state index contributed by atoms with van der Waals surface area (Å²) in [7, 11) is 0. The maximum atomic E-state index is 13.1. The third kappa shape index (κ3) is 3.90. The van der Waals surface area contributed by atoms with Crippen LogP contribution in [0.5, 0.6) is 5.75 Å². The molecule has 164 valence electrons. The molecule has 4 rings (SSSR count). The summed E-state index contributed by atoms with van der Waals surface area (Å²) in [5.74, 6) is 0.355. The van der Waals surface area contributed by atoms with Gasteiger partial charge in [-0.1, -0.05) is 19.1 Å². The minimum atomic E-state index is -0.314. The maximum absolute atomic E-state index is 13.1. The van der Waals surface area contributed by atoms with Gasteiger partial charge in [0.15, 0.2) is 0 Å². The average molecular weight is 425 g/mol. The van der Waals surface area contributed by atoms with Gasteiger partial charge in [-0.15, -0.1) is 0 Å². The molecule has 5 atom stereocenters. The van der Waals surface area contributed by atoms with Crippen LogP contribution in [0.15, 0.2) is 24.3 Å². The van der Waals surface area contributed by atoms with Crippen molar-refractivity contribution in [2.75, 3.05) is 19.6 Å². The lowest BCUT2D eigenvalue weighted by Crippen LogP contribution is -2.53. The van der Waals surface area contributed by atoms with E-state index in [4.69, 9.17) is 4.74 Å². The molecule has 0 radical (unpaired) electrons. The second-order valence-electron chi connectivity index (χ2n) is 8.78. The third-order valence-corrected chi connectivity index (χ3v) is 6.89. The number of amides is 2. The number of rotatable bonds is 7. The first-order valence-corrected chi connectivity index (χ1v) is 10.9. The van der Waals surface area contributed by atoms with E-state index < -0.39 is 0 Å². The highest BCUT2D eigenvalue weighted by Crippen LogP contribution is 2.38. The molecule has 0 aliphatic carbocycles. The summed E-state index contributed by atoms with van der Waals surface area (Å²) in [5, 5.41) is 9.26. The number of benzene rings is 1. The zero-order chi connectivity index (χ0) is 22.1. The quantitative estimate of drug-likeness (QED) is 0.619. The summed E-state index contributed by atoms with van der Waals surface area (Å²) in [4.78, 5) is 42.2. The molecule has 3 saturated heterocycles. The highest BCUT2D eigenvalue weighted by atomic mass is 16.5. The van der Waals surface area contributed by atoms with Crippen LogP contribution in [0, 0.1) is 17.2 Å². The minimum Gasteiger partial charge on any atom is -0.429 e. The van der Waals surface area contributed by atoms with Gasteiger partial charge in [0.25, 0.3) is 6.47 Å². The summed E-state index contributed by atoms with van der Waals surface area (Å²) in [5.41, 5.74) is 0.992. The van der Waals surface area contributed by atoms with Gasteiger partial charge in [-0.25, -0.2) is 0 Å². The fourth-order valence-electron chi connectivity index (χ4n) is 5.32. The smallest absolute Gasteiger partial charge is 0.298 e. The number of nitrogens with zero attached hydrogens (tertiary/aromatic N) is 4. The molecule has 8 heteroatoms. The summed E-state index contributed by atoms with van der Waals surface area (Å²) < 4.78 is 4.84. The normalized spacial score (nSPS) is 27.3. The van der Waals surface area contributed by atoms with Gasteiger partial charge in [0.05, 0.1) is 18.2 Å². The van der Waals surface area contributed by atoms with E-state index in [2.05, 4.69) is 11.0 Å². The first-order valence-electron chi connectivity index (χ1n) is 10.9. The van der Waals surface area contributed by atoms with Crippen molar-refractivity contribution in [1.29, 1.82) is 5.26 Å². The van der Waals surface area contributed by atoms with Crippen LogP contribution < -0.4 is 4.74 Å². The first kappa shape index (κ1) is 21.3. The van der Waals surface area contributed by atoms with Crippen molar-refractivity contribution in [2.24, 2.45) is 5.92 Å². The van der Waals surface area contributed by atoms with E-state index in [1.807, 2.05) is 30.9 Å². The molecule has 0 aromatic heterocycles. The van der Waals surface area contributed by atoms with E-state index in [1.54, 1.807) is 17.0 Å². The number of carbonyl (C=O) groups excluding carboxylic acids is 3. The topological polar surface area (TPSA) is 93.9 Å². The van der Waals surface area contributed by atoms with Crippen LogP contribution in [0.25, 0.3) is 0 Å². The molecule has 2 amide bonds. The Balaban J connectivity index is 1.38. The van der Waals surface area contributed by atoms with Crippen molar-refractivity contribution in [3.05, 3.63) is 29.8 Å². The number of fused-ring (bicyclic) bond motifs is 2. The van der Waals surface area contributed by atoms with Crippen LogP contribution in [0.4, 0.5) is 0 Å². The summed E-state index contributed by atoms with van der Waals surface area (Å²) in [6.07, 6.45) is 2.40. The Hall–Kier alpha value is -2.92. The Morgan fingerprint density at radius 1 is 1.32 bits per heavy atom. The second-order valence-corrected chi connectivity index (χ2v) is 8.78. The fraction of sp³-hybridized carbons (Fsp3) is 0.565. The SMILES string of the molecule is C[C@@H](CN1C[C@@H]2C[C@H]1C(=O)N2[C@@H](C)c1ccc(OC=O)cc1)C(=O)N1CCC[C@H]1C#N. The zero-order valence-electron chi connectivity index (χ0n) is 17.9. The fourth-order valence-corrected chi connectivity index (χ4v) is 5.32. The summed E-state index contributed by atoms with van der Waals surface area (Å²) >= 11 is 0. The number of ether oxygens (including phenoxy) is 1. The number of hydrogen-bond donors (Lipinski definition) is 0. The number of piperazine rings is 1. The maximum Gasteiger partial charge on any atom is 0.298 e. The monoisotopic (exact) mass is 424 g/mol. The average Bonchev–Trinajstić information content (AvgIpc) is 3.48. The Morgan fingerprint density at radius 2 is 2.06 bits per heavy atom. The number of hydrogen-bond acceptors (Lipinski definition) is 6. The van der Waals surface area contributed by atoms with E-state index in [9.17, 15) is 19.6 Å². The van der Waals surface area contributed by atoms with Crippen LogP contribution >= 0.6 is 0 Å². The first-order chi connectivity index (χ1) is 14.9. The van der Waals surface area contributed by atoms with Crippen LogP contribution in [0.2, 0.25) is 0 Å².